The Labute approximate surface area is 217 Å². The molecule has 0 aliphatic carbocycles. The van der Waals surface area contributed by atoms with Crippen molar-refractivity contribution in [1.82, 2.24) is 20.1 Å². The van der Waals surface area contributed by atoms with Crippen molar-refractivity contribution >= 4 is 11.7 Å². The van der Waals surface area contributed by atoms with E-state index in [4.69, 9.17) is 9.84 Å². The lowest BCUT2D eigenvalue weighted by atomic mass is 9.98. The number of hydrogen-bond acceptors (Lipinski definition) is 6. The van der Waals surface area contributed by atoms with Crippen molar-refractivity contribution in [3.63, 3.8) is 0 Å². The van der Waals surface area contributed by atoms with Gasteiger partial charge in [0.15, 0.2) is 0 Å². The highest BCUT2D eigenvalue weighted by molar-refractivity contribution is 5.70. The quantitative estimate of drug-likeness (QED) is 0.331. The maximum atomic E-state index is 10.9. The molecule has 5 rings (SSSR count). The molecule has 3 N–H and O–H groups in total. The first-order chi connectivity index (χ1) is 18.0. The molecule has 192 valence electrons. The zero-order chi connectivity index (χ0) is 26.0. The molecule has 8 heteroatoms. The Morgan fingerprint density at radius 2 is 1.89 bits per heavy atom. The van der Waals surface area contributed by atoms with Crippen molar-refractivity contribution in [2.24, 2.45) is 7.05 Å². The molecular weight excluding hydrogens is 466 g/mol. The van der Waals surface area contributed by atoms with Crippen molar-refractivity contribution in [2.75, 3.05) is 25.0 Å². The van der Waals surface area contributed by atoms with Crippen molar-refractivity contribution in [3.05, 3.63) is 96.4 Å². The van der Waals surface area contributed by atoms with E-state index in [1.165, 1.54) is 0 Å². The number of pyridine rings is 1. The largest absolute Gasteiger partial charge is 0.481 e. The molecule has 0 saturated carbocycles. The van der Waals surface area contributed by atoms with Crippen LogP contribution in [-0.2, 0) is 18.3 Å². The zero-order valence-corrected chi connectivity index (χ0v) is 21.2. The number of hydrogen-bond donors (Lipinski definition) is 3. The summed E-state index contributed by atoms with van der Waals surface area (Å²) >= 11 is 0. The van der Waals surface area contributed by atoms with E-state index >= 15 is 0 Å². The van der Waals surface area contributed by atoms with E-state index in [0.29, 0.717) is 19.0 Å². The smallest absolute Gasteiger partial charge is 0.307 e. The van der Waals surface area contributed by atoms with Crippen LogP contribution in [0.1, 0.15) is 24.0 Å². The summed E-state index contributed by atoms with van der Waals surface area (Å²) in [6.07, 6.45) is 5.61. The minimum absolute atomic E-state index is 0.0187. The monoisotopic (exact) mass is 499 g/mol. The predicted molar refractivity (Wildman–Crippen MR) is 145 cm³/mol. The average molecular weight is 500 g/mol. The molecule has 2 aromatic heterocycles. The highest BCUT2D eigenvalue weighted by Gasteiger charge is 2.21. The molecular formula is C29H33N5O3. The van der Waals surface area contributed by atoms with Crippen LogP contribution >= 0.6 is 0 Å². The number of ether oxygens (including phenoxy) is 1. The van der Waals surface area contributed by atoms with Gasteiger partial charge in [-0.15, -0.1) is 0 Å². The summed E-state index contributed by atoms with van der Waals surface area (Å²) in [7, 11) is 1.89. The molecule has 8 nitrogen and oxygen atoms in total. The zero-order valence-electron chi connectivity index (χ0n) is 21.2. The summed E-state index contributed by atoms with van der Waals surface area (Å²) in [5.74, 6) is 0.0594. The summed E-state index contributed by atoms with van der Waals surface area (Å²) < 4.78 is 7.82. The van der Waals surface area contributed by atoms with Crippen molar-refractivity contribution in [1.29, 1.82) is 0 Å². The van der Waals surface area contributed by atoms with Crippen LogP contribution in [0.25, 0.3) is 11.1 Å². The van der Waals surface area contributed by atoms with Crippen LogP contribution in [0.4, 0.5) is 5.69 Å². The van der Waals surface area contributed by atoms with Crippen LogP contribution in [-0.4, -0.2) is 51.6 Å². The second-order valence-electron chi connectivity index (χ2n) is 9.13. The lowest BCUT2D eigenvalue weighted by Gasteiger charge is -2.27. The third kappa shape index (κ3) is 7.65. The first kappa shape index (κ1) is 25.9. The second-order valence-corrected chi connectivity index (χ2v) is 9.13. The number of anilines is 1. The van der Waals surface area contributed by atoms with Crippen LogP contribution in [0.5, 0.6) is 5.88 Å². The van der Waals surface area contributed by atoms with Crippen LogP contribution in [0.3, 0.4) is 0 Å². The van der Waals surface area contributed by atoms with E-state index < -0.39 is 5.97 Å². The van der Waals surface area contributed by atoms with E-state index in [0.717, 1.165) is 34.5 Å². The number of aliphatic carboxylic acids is 1. The number of nitrogens with one attached hydrogen (secondary N) is 2. The fourth-order valence-corrected chi connectivity index (χ4v) is 4.09. The van der Waals surface area contributed by atoms with Gasteiger partial charge in [0.2, 0.25) is 5.88 Å². The Hall–Kier alpha value is -4.17. The van der Waals surface area contributed by atoms with Crippen LogP contribution < -0.4 is 15.4 Å². The molecule has 0 bridgehead atoms. The first-order valence-corrected chi connectivity index (χ1v) is 12.4. The number of carboxylic acid groups (broad SMARTS) is 1. The summed E-state index contributed by atoms with van der Waals surface area (Å²) in [5, 5.41) is 20.1. The molecule has 2 atom stereocenters. The summed E-state index contributed by atoms with van der Waals surface area (Å²) in [5.41, 5.74) is 4.86. The Kier molecular flexibility index (Phi) is 8.89. The molecule has 2 unspecified atom stereocenters. The standard InChI is InChI=1S/C23H27N5O3.C6H6/c1-15(17-5-3-4-16(6-17)7-22(29)30)9-24-12-20-13-25-21-8-18(10-26-23(21)31-20)19-11-27-28(2)14-19;1-2-4-6-5-3-1/h3-6,8,10-11,14-15,20,24-25H,7,9,12-13H2,1-2H3,(H,29,30);1-6H. The summed E-state index contributed by atoms with van der Waals surface area (Å²) in [4.78, 5) is 15.4. The molecule has 1 aliphatic heterocycles. The maximum absolute atomic E-state index is 10.9. The highest BCUT2D eigenvalue weighted by Crippen LogP contribution is 2.31. The fourth-order valence-electron chi connectivity index (χ4n) is 4.09. The normalized spacial score (nSPS) is 14.8. The molecule has 1 aliphatic rings. The van der Waals surface area contributed by atoms with Gasteiger partial charge in [0.05, 0.1) is 24.8 Å². The molecule has 0 saturated heterocycles. The molecule has 3 heterocycles. The Morgan fingerprint density at radius 1 is 1.14 bits per heavy atom. The third-order valence-corrected chi connectivity index (χ3v) is 6.05. The van der Waals surface area contributed by atoms with E-state index in [2.05, 4.69) is 27.6 Å². The lowest BCUT2D eigenvalue weighted by molar-refractivity contribution is -0.136. The lowest BCUT2D eigenvalue weighted by Crippen LogP contribution is -2.40. The van der Waals surface area contributed by atoms with Crippen LogP contribution in [0, 0.1) is 0 Å². The topological polar surface area (TPSA) is 101 Å². The van der Waals surface area contributed by atoms with Gasteiger partial charge in [-0.1, -0.05) is 67.6 Å². The van der Waals surface area contributed by atoms with Gasteiger partial charge in [0.25, 0.3) is 0 Å². The Balaban J connectivity index is 0.000000469. The average Bonchev–Trinajstić information content (AvgIpc) is 3.35. The van der Waals surface area contributed by atoms with Gasteiger partial charge in [0, 0.05) is 43.7 Å². The molecule has 0 spiro atoms. The van der Waals surface area contributed by atoms with Gasteiger partial charge < -0.3 is 20.5 Å². The van der Waals surface area contributed by atoms with E-state index in [-0.39, 0.29) is 18.4 Å². The Morgan fingerprint density at radius 3 is 2.57 bits per heavy atom. The maximum Gasteiger partial charge on any atom is 0.307 e. The van der Waals surface area contributed by atoms with Crippen molar-refractivity contribution in [2.45, 2.75) is 25.4 Å². The van der Waals surface area contributed by atoms with Crippen LogP contribution in [0.15, 0.2) is 85.3 Å². The number of rotatable bonds is 8. The van der Waals surface area contributed by atoms with Gasteiger partial charge in [-0.2, -0.15) is 5.10 Å². The van der Waals surface area contributed by atoms with E-state index in [1.54, 1.807) is 10.9 Å². The van der Waals surface area contributed by atoms with Crippen molar-refractivity contribution < 1.29 is 14.6 Å². The number of fused-ring (bicyclic) bond motifs is 1. The molecule has 0 amide bonds. The number of benzene rings is 2. The fraction of sp³-hybridized carbons (Fsp3) is 0.276. The molecule has 37 heavy (non-hydrogen) atoms. The minimum Gasteiger partial charge on any atom is -0.481 e. The van der Waals surface area contributed by atoms with E-state index in [1.807, 2.05) is 86.2 Å². The van der Waals surface area contributed by atoms with Gasteiger partial charge in [0.1, 0.15) is 6.10 Å². The number of aromatic nitrogens is 3. The predicted octanol–water partition coefficient (Wildman–Crippen LogP) is 4.36. The molecule has 0 fully saturated rings. The van der Waals surface area contributed by atoms with Gasteiger partial charge in [-0.3, -0.25) is 9.48 Å². The summed E-state index contributed by atoms with van der Waals surface area (Å²) in [6.45, 7) is 4.29. The first-order valence-electron chi connectivity index (χ1n) is 12.4. The van der Waals surface area contributed by atoms with E-state index in [9.17, 15) is 4.79 Å². The van der Waals surface area contributed by atoms with Gasteiger partial charge in [-0.05, 0) is 23.1 Å². The number of aryl methyl sites for hydroxylation is 1. The molecule has 4 aromatic rings. The molecule has 0 radical (unpaired) electrons. The third-order valence-electron chi connectivity index (χ3n) is 6.05. The van der Waals surface area contributed by atoms with Gasteiger partial charge in [-0.25, -0.2) is 4.98 Å². The second kappa shape index (κ2) is 12.7. The van der Waals surface area contributed by atoms with Gasteiger partial charge >= 0.3 is 5.97 Å². The highest BCUT2D eigenvalue weighted by atomic mass is 16.5. The number of carboxylic acids is 1. The molecule has 2 aromatic carbocycles. The SMILES string of the molecule is CC(CNCC1CNc2cc(-c3cnn(C)c3)cnc2O1)c1cccc(CC(=O)O)c1.c1ccccc1. The van der Waals surface area contributed by atoms with Crippen molar-refractivity contribution in [3.8, 4) is 17.0 Å². The summed E-state index contributed by atoms with van der Waals surface area (Å²) in [6, 6.07) is 21.8. The minimum atomic E-state index is -0.814. The number of carbonyl (C=O) groups is 1. The Bertz CT molecular complexity index is 1270. The number of nitrogens with zero attached hydrogens (tertiary/aromatic N) is 3. The van der Waals surface area contributed by atoms with Crippen LogP contribution in [0.2, 0.25) is 0 Å².